The second kappa shape index (κ2) is 14.7. The highest BCUT2D eigenvalue weighted by molar-refractivity contribution is 6.00. The number of carbonyl (C=O) groups excluding carboxylic acids is 2. The predicted octanol–water partition coefficient (Wildman–Crippen LogP) is 11.1. The molecule has 0 aromatic heterocycles. The van der Waals surface area contributed by atoms with Gasteiger partial charge in [-0.3, -0.25) is 9.69 Å². The van der Waals surface area contributed by atoms with Crippen LogP contribution in [-0.4, -0.2) is 65.1 Å². The van der Waals surface area contributed by atoms with Gasteiger partial charge in [-0.1, -0.05) is 106 Å². The number of nitrogens with two attached hydrogens (primary N) is 1. The summed E-state index contributed by atoms with van der Waals surface area (Å²) in [6.07, 6.45) is 31.8. The van der Waals surface area contributed by atoms with Crippen molar-refractivity contribution in [3.8, 4) is 0 Å². The molecule has 9 aliphatic heterocycles. The van der Waals surface area contributed by atoms with Gasteiger partial charge in [0.25, 0.3) is 0 Å². The van der Waals surface area contributed by atoms with Crippen molar-refractivity contribution in [1.29, 1.82) is 0 Å². The number of aliphatic hydroxyl groups excluding tert-OH is 1. The van der Waals surface area contributed by atoms with Crippen LogP contribution in [0.1, 0.15) is 163 Å². The third kappa shape index (κ3) is 5.07. The van der Waals surface area contributed by atoms with Gasteiger partial charge in [-0.15, -0.1) is 0 Å². The van der Waals surface area contributed by atoms with Gasteiger partial charge in [-0.2, -0.15) is 0 Å². The number of fused-ring (bicyclic) bond motifs is 3. The lowest BCUT2D eigenvalue weighted by Gasteiger charge is -2.74. The first-order valence-corrected chi connectivity index (χ1v) is 28.3. The Morgan fingerprint density at radius 3 is 2.60 bits per heavy atom. The summed E-state index contributed by atoms with van der Waals surface area (Å²) in [6.45, 7) is 6.35. The summed E-state index contributed by atoms with van der Waals surface area (Å²) < 4.78 is 14.6. The largest absolute Gasteiger partial charge is 0.509 e. The fourth-order valence-corrected chi connectivity index (χ4v) is 20.8. The number of benzene rings is 1. The first kappa shape index (κ1) is 42.1. The normalized spacial score (nSPS) is 46.1. The summed E-state index contributed by atoms with van der Waals surface area (Å²) in [5.41, 5.74) is 13.4. The van der Waals surface area contributed by atoms with Crippen molar-refractivity contribution in [2.75, 3.05) is 26.2 Å². The topological polar surface area (TPSA) is 105 Å². The van der Waals surface area contributed by atoms with Crippen LogP contribution in [0.15, 0.2) is 75.9 Å². The Balaban J connectivity index is 1.03. The SMILES string of the molecule is C[C@@H]1CC2=C3[C@H]4C5=C6[C@@H]7C[C@@]41CCC7=C[C@@H](C1CCCCC1)C[C@H]1[C@]64C(=O)O/C(=C(\O)C[C@H](CC6CCCCC6)N6C[C@H]7C[C@@H](C6)[C@H](C=C2)N3C7)[C@@]4(CC5)[C@]12OC(=O)c1c(CCCN)cccc12. The second-order valence-corrected chi connectivity index (χ2v) is 25.6. The molecular formula is C60H75N3O5. The lowest BCUT2D eigenvalue weighted by atomic mass is 9.26. The number of aliphatic hydroxyl groups is 1. The summed E-state index contributed by atoms with van der Waals surface area (Å²) in [7, 11) is 0. The average Bonchev–Trinajstić information content (AvgIpc) is 3.81. The fraction of sp³-hybridized carbons (Fsp3) is 0.700. The van der Waals surface area contributed by atoms with E-state index >= 15 is 9.59 Å². The second-order valence-electron chi connectivity index (χ2n) is 25.6. The molecule has 18 rings (SSSR count). The van der Waals surface area contributed by atoms with Gasteiger partial charge in [0.05, 0.1) is 17.0 Å². The number of allylic oxidation sites excluding steroid dienone is 5. The standard InChI is InChI=1S/C60H75N3O5/c1-34-24-40-17-18-47-42-25-36-31-62(33-42)43(26-35-10-4-2-5-11-35)29-48(64)54-58-22-20-44-51-45-30-57(34,52(44)53(40)63(47)32-36)21-19-39(45)27-41(37-12-6-3-7-13-37)28-49(59(51,58)56(66)67-54)60(58)46-16-8-14-38(15-9-23-61)50(46)55(65)68-60/h8,14,16-18,27,34-37,41-43,45,47,49,52,64H,2-7,9-13,15,19-26,28-33,61H2,1H3/b39-27?,54-48-/t34-,36-,41-,42+,43+,45-,47+,49+,52-,57-,58-,59-,60-/m1/s1. The van der Waals surface area contributed by atoms with Crippen LogP contribution >= 0.6 is 0 Å². The van der Waals surface area contributed by atoms with Crippen molar-refractivity contribution in [3.63, 3.8) is 0 Å². The fourth-order valence-electron chi connectivity index (χ4n) is 20.8. The Morgan fingerprint density at radius 2 is 1.76 bits per heavy atom. The molecule has 4 spiro atoms. The molecule has 1 aromatic carbocycles. The van der Waals surface area contributed by atoms with Crippen LogP contribution in [0.5, 0.6) is 0 Å². The van der Waals surface area contributed by atoms with Crippen LogP contribution in [0.4, 0.5) is 0 Å². The number of hydrogen-bond acceptors (Lipinski definition) is 8. The van der Waals surface area contributed by atoms with Crippen LogP contribution in [0.3, 0.4) is 0 Å². The summed E-state index contributed by atoms with van der Waals surface area (Å²) in [5, 5.41) is 13.5. The zero-order valence-electron chi connectivity index (χ0n) is 40.8. The maximum atomic E-state index is 16.5. The number of carbonyl (C=O) groups is 2. The molecule has 3 N–H and O–H groups in total. The number of esters is 2. The average molecular weight is 918 g/mol. The number of rotatable bonds is 6. The van der Waals surface area contributed by atoms with Crippen molar-refractivity contribution in [3.05, 3.63) is 92.6 Å². The minimum Gasteiger partial charge on any atom is -0.509 e. The van der Waals surface area contributed by atoms with E-state index in [4.69, 9.17) is 15.2 Å². The maximum Gasteiger partial charge on any atom is 0.339 e. The molecule has 3 saturated heterocycles. The van der Waals surface area contributed by atoms with E-state index in [9.17, 15) is 5.11 Å². The molecule has 17 aliphatic rings. The quantitative estimate of drug-likeness (QED) is 0.215. The molecule has 1 aromatic rings. The number of aryl methyl sites for hydroxylation is 1. The summed E-state index contributed by atoms with van der Waals surface area (Å²) in [6, 6.07) is 6.96. The Kier molecular flexibility index (Phi) is 9.12. The Hall–Kier alpha value is -3.62. The van der Waals surface area contributed by atoms with Gasteiger partial charge in [0.15, 0.2) is 11.4 Å². The molecule has 0 amide bonds. The highest BCUT2D eigenvalue weighted by atomic mass is 16.6. The maximum absolute atomic E-state index is 16.5. The molecule has 8 heteroatoms. The highest BCUT2D eigenvalue weighted by Crippen LogP contribution is 2.89. The van der Waals surface area contributed by atoms with Crippen molar-refractivity contribution < 1.29 is 24.2 Å². The van der Waals surface area contributed by atoms with Crippen molar-refractivity contribution in [1.82, 2.24) is 9.80 Å². The predicted molar refractivity (Wildman–Crippen MR) is 261 cm³/mol. The summed E-state index contributed by atoms with van der Waals surface area (Å²) >= 11 is 0. The minimum absolute atomic E-state index is 0.119. The van der Waals surface area contributed by atoms with E-state index in [1.54, 1.807) is 22.4 Å². The first-order chi connectivity index (χ1) is 33.2. The van der Waals surface area contributed by atoms with Gasteiger partial charge < -0.3 is 25.2 Å². The smallest absolute Gasteiger partial charge is 0.339 e. The third-order valence-electron chi connectivity index (χ3n) is 23.1. The summed E-state index contributed by atoms with van der Waals surface area (Å²) in [5.74, 6) is 3.56. The minimum atomic E-state index is -1.13. The zero-order valence-corrected chi connectivity index (χ0v) is 40.8. The van der Waals surface area contributed by atoms with Crippen molar-refractivity contribution >= 4 is 11.9 Å². The highest BCUT2D eigenvalue weighted by Gasteiger charge is 2.94. The van der Waals surface area contributed by atoms with Gasteiger partial charge in [-0.25, -0.2) is 4.79 Å². The molecule has 8 aliphatic carbocycles. The number of ether oxygens (including phenoxy) is 2. The lowest BCUT2D eigenvalue weighted by Crippen LogP contribution is -2.78. The van der Waals surface area contributed by atoms with Crippen LogP contribution in [0, 0.1) is 69.5 Å². The molecule has 68 heavy (non-hydrogen) atoms. The molecular weight excluding hydrogens is 843 g/mol. The Labute approximate surface area is 404 Å². The van der Waals surface area contributed by atoms with Gasteiger partial charge in [0.1, 0.15) is 11.2 Å². The van der Waals surface area contributed by atoms with E-state index in [1.165, 1.54) is 82.6 Å². The molecule has 14 bridgehead atoms. The van der Waals surface area contributed by atoms with Crippen LogP contribution in [-0.2, 0) is 26.3 Å². The molecule has 9 heterocycles. The van der Waals surface area contributed by atoms with Gasteiger partial charge in [0, 0.05) is 61.1 Å². The Bertz CT molecular complexity index is 2560. The van der Waals surface area contributed by atoms with E-state index in [2.05, 4.69) is 53.2 Å². The number of hydrogen-bond donors (Lipinski definition) is 2. The Morgan fingerprint density at radius 1 is 0.926 bits per heavy atom. The van der Waals surface area contributed by atoms with Gasteiger partial charge >= 0.3 is 11.9 Å². The van der Waals surface area contributed by atoms with E-state index in [-0.39, 0.29) is 52.8 Å². The van der Waals surface area contributed by atoms with Crippen LogP contribution in [0.25, 0.3) is 0 Å². The number of piperidine rings is 2. The molecule has 7 fully saturated rings. The van der Waals surface area contributed by atoms with E-state index in [0.29, 0.717) is 72.8 Å². The summed E-state index contributed by atoms with van der Waals surface area (Å²) in [4.78, 5) is 37.5. The molecule has 1 unspecified atom stereocenters. The van der Waals surface area contributed by atoms with E-state index < -0.39 is 16.4 Å². The van der Waals surface area contributed by atoms with E-state index in [1.807, 2.05) is 0 Å². The molecule has 8 nitrogen and oxygen atoms in total. The molecule has 0 radical (unpaired) electrons. The van der Waals surface area contributed by atoms with E-state index in [0.717, 1.165) is 75.7 Å². The molecule has 360 valence electrons. The van der Waals surface area contributed by atoms with Crippen LogP contribution in [0.2, 0.25) is 0 Å². The lowest BCUT2D eigenvalue weighted by molar-refractivity contribution is -0.284. The van der Waals surface area contributed by atoms with Crippen LogP contribution < -0.4 is 5.73 Å². The first-order valence-electron chi connectivity index (χ1n) is 28.3. The van der Waals surface area contributed by atoms with Crippen molar-refractivity contribution in [2.24, 2.45) is 75.2 Å². The third-order valence-corrected chi connectivity index (χ3v) is 23.1. The molecule has 14 atom stereocenters. The van der Waals surface area contributed by atoms with Gasteiger partial charge in [-0.05, 0) is 148 Å². The zero-order chi connectivity index (χ0) is 45.5. The molecule has 4 saturated carbocycles. The monoisotopic (exact) mass is 918 g/mol. The number of nitrogens with zero attached hydrogens (tertiary/aromatic N) is 2. The van der Waals surface area contributed by atoms with Gasteiger partial charge in [0.2, 0.25) is 0 Å². The van der Waals surface area contributed by atoms with Crippen molar-refractivity contribution in [2.45, 2.75) is 166 Å².